The molecule has 0 aliphatic carbocycles. The van der Waals surface area contributed by atoms with Gasteiger partial charge in [-0.2, -0.15) is 0 Å². The van der Waals surface area contributed by atoms with Crippen LogP contribution < -0.4 is 10.1 Å². The summed E-state index contributed by atoms with van der Waals surface area (Å²) in [4.78, 5) is 39.5. The summed E-state index contributed by atoms with van der Waals surface area (Å²) < 4.78 is 10.6. The van der Waals surface area contributed by atoms with Gasteiger partial charge in [-0.15, -0.1) is 0 Å². The van der Waals surface area contributed by atoms with Gasteiger partial charge in [-0.05, 0) is 50.5 Å². The molecule has 3 rings (SSSR count). The lowest BCUT2D eigenvalue weighted by molar-refractivity contribution is -0.158. The topological polar surface area (TPSA) is 84.9 Å². The minimum absolute atomic E-state index is 0.0190. The van der Waals surface area contributed by atoms with Crippen LogP contribution in [0.15, 0.2) is 48.5 Å². The van der Waals surface area contributed by atoms with Crippen molar-refractivity contribution < 1.29 is 23.9 Å². The SMILES string of the molecule is COc1ccccc1NC(=O)[C@H](C)OC(=O)C1CCN(C(=O)c2ccccc2C)CC1. The van der Waals surface area contributed by atoms with E-state index in [1.165, 1.54) is 7.11 Å². The maximum absolute atomic E-state index is 12.7. The molecule has 1 saturated heterocycles. The van der Waals surface area contributed by atoms with E-state index in [1.807, 2.05) is 31.2 Å². The van der Waals surface area contributed by atoms with Crippen molar-refractivity contribution in [1.82, 2.24) is 4.90 Å². The van der Waals surface area contributed by atoms with Crippen molar-refractivity contribution in [1.29, 1.82) is 0 Å². The molecule has 7 nitrogen and oxygen atoms in total. The van der Waals surface area contributed by atoms with Gasteiger partial charge in [0, 0.05) is 18.7 Å². The molecule has 0 aromatic heterocycles. The maximum atomic E-state index is 12.7. The standard InChI is InChI=1S/C24H28N2O5/c1-16-8-4-5-9-19(16)23(28)26-14-12-18(13-15-26)24(29)31-17(2)22(27)25-20-10-6-7-11-21(20)30-3/h4-11,17-18H,12-15H2,1-3H3,(H,25,27)/t17-/m0/s1. The molecule has 0 unspecified atom stereocenters. The number of piperidine rings is 1. The Morgan fingerprint density at radius 1 is 1.03 bits per heavy atom. The third-order valence-corrected chi connectivity index (χ3v) is 5.52. The smallest absolute Gasteiger partial charge is 0.309 e. The molecule has 1 atom stereocenters. The van der Waals surface area contributed by atoms with Crippen molar-refractivity contribution in [3.63, 3.8) is 0 Å². The Hall–Kier alpha value is -3.35. The molecule has 7 heteroatoms. The molecular formula is C24H28N2O5. The number of nitrogens with zero attached hydrogens (tertiary/aromatic N) is 1. The van der Waals surface area contributed by atoms with Gasteiger partial charge in [0.2, 0.25) is 0 Å². The second-order valence-corrected chi connectivity index (χ2v) is 7.65. The van der Waals surface area contributed by atoms with Gasteiger partial charge in [0.05, 0.1) is 18.7 Å². The normalized spacial score (nSPS) is 15.1. The van der Waals surface area contributed by atoms with Gasteiger partial charge in [-0.3, -0.25) is 14.4 Å². The van der Waals surface area contributed by atoms with Crippen LogP contribution in [0.2, 0.25) is 0 Å². The highest BCUT2D eigenvalue weighted by molar-refractivity contribution is 5.97. The molecule has 1 fully saturated rings. The van der Waals surface area contributed by atoms with Crippen molar-refractivity contribution in [3.05, 3.63) is 59.7 Å². The van der Waals surface area contributed by atoms with Crippen molar-refractivity contribution >= 4 is 23.5 Å². The molecule has 164 valence electrons. The van der Waals surface area contributed by atoms with Gasteiger partial charge < -0.3 is 19.7 Å². The van der Waals surface area contributed by atoms with E-state index in [-0.39, 0.29) is 11.8 Å². The van der Waals surface area contributed by atoms with Gasteiger partial charge in [-0.1, -0.05) is 30.3 Å². The molecule has 1 heterocycles. The summed E-state index contributed by atoms with van der Waals surface area (Å²) in [5.41, 5.74) is 2.13. The molecule has 0 spiro atoms. The van der Waals surface area contributed by atoms with Crippen molar-refractivity contribution in [2.75, 3.05) is 25.5 Å². The van der Waals surface area contributed by atoms with Crippen LogP contribution in [0, 0.1) is 12.8 Å². The predicted molar refractivity (Wildman–Crippen MR) is 117 cm³/mol. The number of methoxy groups -OCH3 is 1. The fraction of sp³-hybridized carbons (Fsp3) is 0.375. The summed E-state index contributed by atoms with van der Waals surface area (Å²) >= 11 is 0. The van der Waals surface area contributed by atoms with E-state index in [2.05, 4.69) is 5.32 Å². The molecule has 0 radical (unpaired) electrons. The zero-order valence-corrected chi connectivity index (χ0v) is 18.1. The minimum atomic E-state index is -0.941. The zero-order chi connectivity index (χ0) is 22.4. The summed E-state index contributed by atoms with van der Waals surface area (Å²) in [6.45, 7) is 4.41. The van der Waals surface area contributed by atoms with Crippen LogP contribution in [0.1, 0.15) is 35.7 Å². The lowest BCUT2D eigenvalue weighted by atomic mass is 9.96. The summed E-state index contributed by atoms with van der Waals surface area (Å²) in [5.74, 6) is -0.660. The van der Waals surface area contributed by atoms with E-state index in [9.17, 15) is 14.4 Å². The van der Waals surface area contributed by atoms with E-state index in [4.69, 9.17) is 9.47 Å². The number of para-hydroxylation sites is 2. The first-order chi connectivity index (χ1) is 14.9. The van der Waals surface area contributed by atoms with E-state index in [0.717, 1.165) is 5.56 Å². The number of carbonyl (C=O) groups is 3. The molecule has 2 aromatic rings. The highest BCUT2D eigenvalue weighted by Gasteiger charge is 2.31. The van der Waals surface area contributed by atoms with Crippen LogP contribution in [-0.2, 0) is 14.3 Å². The van der Waals surface area contributed by atoms with Gasteiger partial charge in [0.15, 0.2) is 6.10 Å². The third kappa shape index (κ3) is 5.42. The molecule has 1 N–H and O–H groups in total. The van der Waals surface area contributed by atoms with Crippen LogP contribution in [-0.4, -0.2) is 49.0 Å². The average Bonchev–Trinajstić information content (AvgIpc) is 2.79. The Labute approximate surface area is 182 Å². The average molecular weight is 424 g/mol. The third-order valence-electron chi connectivity index (χ3n) is 5.52. The molecule has 1 aliphatic rings. The molecule has 2 aromatic carbocycles. The summed E-state index contributed by atoms with van der Waals surface area (Å²) in [5, 5.41) is 2.72. The van der Waals surface area contributed by atoms with E-state index in [0.29, 0.717) is 42.9 Å². The van der Waals surface area contributed by atoms with Crippen LogP contribution in [0.3, 0.4) is 0 Å². The van der Waals surface area contributed by atoms with Gasteiger partial charge >= 0.3 is 5.97 Å². The second kappa shape index (κ2) is 10.1. The second-order valence-electron chi connectivity index (χ2n) is 7.65. The fourth-order valence-corrected chi connectivity index (χ4v) is 3.61. The number of ether oxygens (including phenoxy) is 2. The van der Waals surface area contributed by atoms with Gasteiger partial charge in [0.1, 0.15) is 5.75 Å². The predicted octanol–water partition coefficient (Wildman–Crippen LogP) is 3.43. The fourth-order valence-electron chi connectivity index (χ4n) is 3.61. The van der Waals surface area contributed by atoms with Gasteiger partial charge in [-0.25, -0.2) is 0 Å². The zero-order valence-electron chi connectivity index (χ0n) is 18.1. The number of anilines is 1. The highest BCUT2D eigenvalue weighted by atomic mass is 16.5. The van der Waals surface area contributed by atoms with Crippen molar-refractivity contribution in [3.8, 4) is 5.75 Å². The minimum Gasteiger partial charge on any atom is -0.495 e. The number of nitrogens with one attached hydrogen (secondary N) is 1. The molecule has 0 saturated carbocycles. The number of carbonyl (C=O) groups excluding carboxylic acids is 3. The monoisotopic (exact) mass is 424 g/mol. The Morgan fingerprint density at radius 2 is 1.68 bits per heavy atom. The van der Waals surface area contributed by atoms with E-state index in [1.54, 1.807) is 36.1 Å². The van der Waals surface area contributed by atoms with Crippen molar-refractivity contribution in [2.24, 2.45) is 5.92 Å². The lowest BCUT2D eigenvalue weighted by Gasteiger charge is -2.31. The van der Waals surface area contributed by atoms with Gasteiger partial charge in [0.25, 0.3) is 11.8 Å². The summed E-state index contributed by atoms with van der Waals surface area (Å²) in [7, 11) is 1.52. The van der Waals surface area contributed by atoms with Crippen LogP contribution in [0.5, 0.6) is 5.75 Å². The number of amides is 2. The van der Waals surface area contributed by atoms with E-state index < -0.39 is 18.0 Å². The summed E-state index contributed by atoms with van der Waals surface area (Å²) in [6.07, 6.45) is 0.0817. The first kappa shape index (κ1) is 22.3. The number of esters is 1. The number of hydrogen-bond donors (Lipinski definition) is 1. The molecule has 31 heavy (non-hydrogen) atoms. The lowest BCUT2D eigenvalue weighted by Crippen LogP contribution is -2.42. The molecule has 2 amide bonds. The Morgan fingerprint density at radius 3 is 2.35 bits per heavy atom. The van der Waals surface area contributed by atoms with Crippen LogP contribution in [0.25, 0.3) is 0 Å². The largest absolute Gasteiger partial charge is 0.495 e. The molecular weight excluding hydrogens is 396 g/mol. The Balaban J connectivity index is 1.51. The number of hydrogen-bond acceptors (Lipinski definition) is 5. The molecule has 1 aliphatic heterocycles. The number of benzene rings is 2. The highest BCUT2D eigenvalue weighted by Crippen LogP contribution is 2.24. The quantitative estimate of drug-likeness (QED) is 0.718. The number of likely N-dealkylation sites (tertiary alicyclic amines) is 1. The summed E-state index contributed by atoms with van der Waals surface area (Å²) in [6, 6.07) is 14.5. The van der Waals surface area contributed by atoms with Crippen LogP contribution in [0.4, 0.5) is 5.69 Å². The van der Waals surface area contributed by atoms with Crippen LogP contribution >= 0.6 is 0 Å². The maximum Gasteiger partial charge on any atom is 0.309 e. The first-order valence-electron chi connectivity index (χ1n) is 10.4. The van der Waals surface area contributed by atoms with E-state index >= 15 is 0 Å². The molecule has 0 bridgehead atoms. The Kier molecular flexibility index (Phi) is 7.28. The van der Waals surface area contributed by atoms with Crippen molar-refractivity contribution in [2.45, 2.75) is 32.8 Å². The Bertz CT molecular complexity index is 950. The number of aryl methyl sites for hydroxylation is 1. The number of rotatable bonds is 6. The first-order valence-corrected chi connectivity index (χ1v) is 10.4.